The van der Waals surface area contributed by atoms with Crippen LogP contribution in [0.1, 0.15) is 29.8 Å². The van der Waals surface area contributed by atoms with Crippen molar-refractivity contribution >= 4 is 33.2 Å². The van der Waals surface area contributed by atoms with Gasteiger partial charge in [0.05, 0.1) is 16.9 Å². The van der Waals surface area contributed by atoms with Gasteiger partial charge in [-0.05, 0) is 56.7 Å². The maximum Gasteiger partial charge on any atom is 0.254 e. The van der Waals surface area contributed by atoms with Crippen LogP contribution in [0.2, 0.25) is 0 Å². The molecular formula is C23H27N3O4S. The van der Waals surface area contributed by atoms with E-state index in [1.165, 1.54) is 11.6 Å². The van der Waals surface area contributed by atoms with Crippen LogP contribution in [-0.2, 0) is 14.8 Å². The highest BCUT2D eigenvalue weighted by Crippen LogP contribution is 2.36. The average Bonchev–Trinajstić information content (AvgIpc) is 2.89. The fourth-order valence-corrected chi connectivity index (χ4v) is 6.30. The van der Waals surface area contributed by atoms with Gasteiger partial charge in [0.25, 0.3) is 5.91 Å². The van der Waals surface area contributed by atoms with Crippen LogP contribution in [0.25, 0.3) is 0 Å². The quantitative estimate of drug-likeness (QED) is 0.732. The number of rotatable bonds is 3. The first-order valence-electron chi connectivity index (χ1n) is 10.4. The highest BCUT2D eigenvalue weighted by atomic mass is 32.2. The van der Waals surface area contributed by atoms with Crippen molar-refractivity contribution in [3.8, 4) is 0 Å². The first kappa shape index (κ1) is 21.4. The Morgan fingerprint density at radius 3 is 2.19 bits per heavy atom. The van der Waals surface area contributed by atoms with Crippen molar-refractivity contribution in [2.45, 2.75) is 20.8 Å². The number of anilines is 2. The van der Waals surface area contributed by atoms with Crippen LogP contribution < -0.4 is 9.21 Å². The van der Waals surface area contributed by atoms with E-state index in [0.717, 1.165) is 23.1 Å². The van der Waals surface area contributed by atoms with Crippen molar-refractivity contribution in [3.05, 3.63) is 59.7 Å². The summed E-state index contributed by atoms with van der Waals surface area (Å²) in [5, 5.41) is 0. The molecular weight excluding hydrogens is 414 g/mol. The number of aryl methyl sites for hydroxylation is 1. The second-order valence-electron chi connectivity index (χ2n) is 8.88. The summed E-state index contributed by atoms with van der Waals surface area (Å²) >= 11 is 0. The van der Waals surface area contributed by atoms with Gasteiger partial charge in [0.15, 0.2) is 0 Å². The molecule has 2 aromatic rings. The van der Waals surface area contributed by atoms with Crippen molar-refractivity contribution in [2.24, 2.45) is 5.41 Å². The molecule has 164 valence electrons. The summed E-state index contributed by atoms with van der Waals surface area (Å²) < 4.78 is 26.0. The molecule has 0 bridgehead atoms. The number of hydrogen-bond acceptors (Lipinski definition) is 5. The zero-order valence-electron chi connectivity index (χ0n) is 18.0. The Balaban J connectivity index is 1.50. The first-order valence-corrected chi connectivity index (χ1v) is 12.0. The normalized spacial score (nSPS) is 20.2. The predicted molar refractivity (Wildman–Crippen MR) is 121 cm³/mol. The fraction of sp³-hybridized carbons (Fsp3) is 0.391. The van der Waals surface area contributed by atoms with Gasteiger partial charge in [0.2, 0.25) is 15.9 Å². The van der Waals surface area contributed by atoms with E-state index >= 15 is 0 Å². The minimum atomic E-state index is -3.75. The van der Waals surface area contributed by atoms with Gasteiger partial charge in [-0.25, -0.2) is 12.7 Å². The molecule has 0 N–H and O–H groups in total. The van der Waals surface area contributed by atoms with Crippen molar-refractivity contribution in [1.29, 1.82) is 0 Å². The van der Waals surface area contributed by atoms with Gasteiger partial charge in [-0.3, -0.25) is 9.59 Å². The molecule has 2 aromatic carbocycles. The molecule has 0 saturated carbocycles. The molecule has 2 saturated heterocycles. The lowest BCUT2D eigenvalue weighted by molar-refractivity contribution is -0.123. The van der Waals surface area contributed by atoms with Crippen LogP contribution in [0.3, 0.4) is 0 Å². The fourth-order valence-electron chi connectivity index (χ4n) is 4.20. The molecule has 7 nitrogen and oxygen atoms in total. The van der Waals surface area contributed by atoms with E-state index in [1.807, 2.05) is 6.07 Å². The maximum absolute atomic E-state index is 13.1. The van der Waals surface area contributed by atoms with Crippen molar-refractivity contribution in [2.75, 3.05) is 41.1 Å². The van der Waals surface area contributed by atoms with Crippen LogP contribution in [0, 0.1) is 12.3 Å². The van der Waals surface area contributed by atoms with Crippen LogP contribution in [-0.4, -0.2) is 57.1 Å². The van der Waals surface area contributed by atoms with E-state index in [9.17, 15) is 18.0 Å². The SMILES string of the molecule is Cc1cccc(N2CCN(C(=O)c3cccc(N4C(=O)C(C)(C)CS4(=O)=O)c3)CC2)c1. The zero-order chi connectivity index (χ0) is 22.4. The summed E-state index contributed by atoms with van der Waals surface area (Å²) in [6, 6.07) is 14.6. The van der Waals surface area contributed by atoms with E-state index in [4.69, 9.17) is 0 Å². The second kappa shape index (κ2) is 7.67. The molecule has 2 aliphatic rings. The lowest BCUT2D eigenvalue weighted by Gasteiger charge is -2.36. The topological polar surface area (TPSA) is 78.0 Å². The summed E-state index contributed by atoms with van der Waals surface area (Å²) in [7, 11) is -3.75. The van der Waals surface area contributed by atoms with Crippen LogP contribution in [0.4, 0.5) is 11.4 Å². The Bertz CT molecular complexity index is 1140. The molecule has 2 heterocycles. The van der Waals surface area contributed by atoms with Gasteiger partial charge in [-0.15, -0.1) is 0 Å². The number of carbonyl (C=O) groups excluding carboxylic acids is 2. The number of benzene rings is 2. The highest BCUT2D eigenvalue weighted by Gasteiger charge is 2.50. The van der Waals surface area contributed by atoms with Crippen LogP contribution in [0.15, 0.2) is 48.5 Å². The van der Waals surface area contributed by atoms with E-state index in [0.29, 0.717) is 18.7 Å². The maximum atomic E-state index is 13.1. The largest absolute Gasteiger partial charge is 0.368 e. The third kappa shape index (κ3) is 4.04. The molecule has 2 fully saturated rings. The van der Waals surface area contributed by atoms with Gasteiger partial charge >= 0.3 is 0 Å². The van der Waals surface area contributed by atoms with Gasteiger partial charge < -0.3 is 9.80 Å². The van der Waals surface area contributed by atoms with E-state index in [-0.39, 0.29) is 17.3 Å². The van der Waals surface area contributed by atoms with Crippen LogP contribution >= 0.6 is 0 Å². The van der Waals surface area contributed by atoms with E-state index < -0.39 is 21.3 Å². The molecule has 8 heteroatoms. The average molecular weight is 442 g/mol. The first-order chi connectivity index (χ1) is 14.6. The molecule has 2 amide bonds. The number of hydrogen-bond donors (Lipinski definition) is 0. The Kier molecular flexibility index (Phi) is 5.29. The predicted octanol–water partition coefficient (Wildman–Crippen LogP) is 2.66. The molecule has 0 unspecified atom stereocenters. The molecule has 0 spiro atoms. The molecule has 2 aliphatic heterocycles. The second-order valence-corrected chi connectivity index (χ2v) is 10.7. The highest BCUT2D eigenvalue weighted by molar-refractivity contribution is 7.94. The summed E-state index contributed by atoms with van der Waals surface area (Å²) in [6.07, 6.45) is 0. The van der Waals surface area contributed by atoms with Gasteiger partial charge in [-0.2, -0.15) is 0 Å². The Morgan fingerprint density at radius 2 is 1.58 bits per heavy atom. The molecule has 0 aromatic heterocycles. The monoisotopic (exact) mass is 441 g/mol. The third-order valence-electron chi connectivity index (χ3n) is 5.85. The van der Waals surface area contributed by atoms with Crippen molar-refractivity contribution in [3.63, 3.8) is 0 Å². The summed E-state index contributed by atoms with van der Waals surface area (Å²) in [5.41, 5.74) is 1.97. The third-order valence-corrected chi connectivity index (χ3v) is 7.87. The molecule has 0 aliphatic carbocycles. The van der Waals surface area contributed by atoms with Gasteiger partial charge in [0.1, 0.15) is 0 Å². The summed E-state index contributed by atoms with van der Waals surface area (Å²) in [4.78, 5) is 29.8. The van der Waals surface area contributed by atoms with Gasteiger partial charge in [0, 0.05) is 37.4 Å². The molecule has 0 radical (unpaired) electrons. The number of amides is 2. The minimum absolute atomic E-state index is 0.158. The number of nitrogens with zero attached hydrogens (tertiary/aromatic N) is 3. The lowest BCUT2D eigenvalue weighted by Crippen LogP contribution is -2.48. The molecule has 31 heavy (non-hydrogen) atoms. The van der Waals surface area contributed by atoms with Crippen molar-refractivity contribution < 1.29 is 18.0 Å². The number of sulfonamides is 1. The zero-order valence-corrected chi connectivity index (χ0v) is 18.9. The standard InChI is InChI=1S/C23H27N3O4S/c1-17-6-4-8-19(14-17)24-10-12-25(13-11-24)21(27)18-7-5-9-20(15-18)26-22(28)23(2,3)16-31(26,29)30/h4-9,14-15H,10-13,16H2,1-3H3. The van der Waals surface area contributed by atoms with E-state index in [1.54, 1.807) is 36.9 Å². The number of piperazine rings is 1. The molecule has 4 rings (SSSR count). The Hall–Kier alpha value is -2.87. The van der Waals surface area contributed by atoms with Gasteiger partial charge in [-0.1, -0.05) is 18.2 Å². The van der Waals surface area contributed by atoms with E-state index in [2.05, 4.69) is 30.0 Å². The Morgan fingerprint density at radius 1 is 0.935 bits per heavy atom. The lowest BCUT2D eigenvalue weighted by atomic mass is 9.95. The smallest absolute Gasteiger partial charge is 0.254 e. The summed E-state index contributed by atoms with van der Waals surface area (Å²) in [6.45, 7) is 7.90. The molecule has 0 atom stereocenters. The number of carbonyl (C=O) groups is 2. The van der Waals surface area contributed by atoms with Crippen LogP contribution in [0.5, 0.6) is 0 Å². The minimum Gasteiger partial charge on any atom is -0.368 e. The van der Waals surface area contributed by atoms with Crippen molar-refractivity contribution in [1.82, 2.24) is 4.90 Å². The summed E-state index contributed by atoms with van der Waals surface area (Å²) in [5.74, 6) is -0.865. The Labute approximate surface area is 183 Å².